The van der Waals surface area contributed by atoms with Crippen molar-refractivity contribution in [3.8, 4) is 5.88 Å². The van der Waals surface area contributed by atoms with Gasteiger partial charge in [0, 0.05) is 17.5 Å². The van der Waals surface area contributed by atoms with Crippen molar-refractivity contribution in [2.45, 2.75) is 13.5 Å². The standard InChI is InChI=1S/C13H11FN2O3/c1-8-2-3-9(5-15-8)7-19-12-11(13(17)18)4-10(14)6-16-12/h2-6H,7H2,1H3,(H,17,18). The fourth-order valence-electron chi connectivity index (χ4n) is 1.43. The first-order chi connectivity index (χ1) is 9.06. The average Bonchev–Trinajstić information content (AvgIpc) is 2.39. The van der Waals surface area contributed by atoms with Gasteiger partial charge in [0.25, 0.3) is 0 Å². The molecular weight excluding hydrogens is 251 g/mol. The maximum Gasteiger partial charge on any atom is 0.341 e. The quantitative estimate of drug-likeness (QED) is 0.914. The van der Waals surface area contributed by atoms with Gasteiger partial charge in [-0.3, -0.25) is 4.98 Å². The third-order valence-corrected chi connectivity index (χ3v) is 2.40. The van der Waals surface area contributed by atoms with Gasteiger partial charge in [-0.2, -0.15) is 0 Å². The van der Waals surface area contributed by atoms with Gasteiger partial charge in [0.1, 0.15) is 18.0 Å². The SMILES string of the molecule is Cc1ccc(COc2ncc(F)cc2C(=O)O)cn1. The van der Waals surface area contributed by atoms with Crippen LogP contribution in [0.15, 0.2) is 30.6 Å². The average molecular weight is 262 g/mol. The highest BCUT2D eigenvalue weighted by molar-refractivity contribution is 5.90. The van der Waals surface area contributed by atoms with E-state index >= 15 is 0 Å². The summed E-state index contributed by atoms with van der Waals surface area (Å²) < 4.78 is 18.2. The summed E-state index contributed by atoms with van der Waals surface area (Å²) in [6.07, 6.45) is 2.54. The van der Waals surface area contributed by atoms with E-state index < -0.39 is 11.8 Å². The van der Waals surface area contributed by atoms with Gasteiger partial charge in [-0.05, 0) is 19.1 Å². The number of nitrogens with zero attached hydrogens (tertiary/aromatic N) is 2. The minimum absolute atomic E-state index is 0.116. The van der Waals surface area contributed by atoms with Crippen molar-refractivity contribution in [3.05, 3.63) is 53.2 Å². The Morgan fingerprint density at radius 2 is 2.16 bits per heavy atom. The van der Waals surface area contributed by atoms with Gasteiger partial charge in [0.05, 0.1) is 6.20 Å². The third kappa shape index (κ3) is 3.25. The molecule has 0 amide bonds. The Balaban J connectivity index is 2.15. The zero-order chi connectivity index (χ0) is 13.8. The maximum absolute atomic E-state index is 12.9. The number of hydrogen-bond acceptors (Lipinski definition) is 4. The van der Waals surface area contributed by atoms with Crippen LogP contribution in [0.2, 0.25) is 0 Å². The summed E-state index contributed by atoms with van der Waals surface area (Å²) >= 11 is 0. The van der Waals surface area contributed by atoms with Crippen LogP contribution < -0.4 is 4.74 Å². The molecule has 1 N–H and O–H groups in total. The van der Waals surface area contributed by atoms with Crippen molar-refractivity contribution in [3.63, 3.8) is 0 Å². The predicted molar refractivity (Wildman–Crippen MR) is 64.5 cm³/mol. The molecule has 2 rings (SSSR count). The molecule has 0 unspecified atom stereocenters. The van der Waals surface area contributed by atoms with E-state index in [-0.39, 0.29) is 18.1 Å². The first kappa shape index (κ1) is 12.9. The summed E-state index contributed by atoms with van der Waals surface area (Å²) in [6, 6.07) is 4.50. The summed E-state index contributed by atoms with van der Waals surface area (Å²) in [4.78, 5) is 18.7. The molecule has 2 heterocycles. The van der Waals surface area contributed by atoms with Crippen molar-refractivity contribution in [1.82, 2.24) is 9.97 Å². The molecule has 0 saturated carbocycles. The van der Waals surface area contributed by atoms with E-state index in [1.165, 1.54) is 0 Å². The van der Waals surface area contributed by atoms with Crippen LogP contribution in [0.1, 0.15) is 21.6 Å². The first-order valence-electron chi connectivity index (χ1n) is 5.49. The summed E-state index contributed by atoms with van der Waals surface area (Å²) in [5.74, 6) is -2.12. The van der Waals surface area contributed by atoms with Crippen LogP contribution in [0.4, 0.5) is 4.39 Å². The van der Waals surface area contributed by atoms with Crippen LogP contribution in [0.25, 0.3) is 0 Å². The molecule has 0 bridgehead atoms. The molecule has 0 fully saturated rings. The predicted octanol–water partition coefficient (Wildman–Crippen LogP) is 2.20. The molecule has 0 aliphatic heterocycles. The fourth-order valence-corrected chi connectivity index (χ4v) is 1.43. The minimum Gasteiger partial charge on any atom is -0.477 e. The molecule has 0 aromatic carbocycles. The molecule has 98 valence electrons. The number of ether oxygens (including phenoxy) is 1. The van der Waals surface area contributed by atoms with E-state index in [2.05, 4.69) is 9.97 Å². The number of carboxylic acid groups (broad SMARTS) is 1. The van der Waals surface area contributed by atoms with E-state index in [9.17, 15) is 9.18 Å². The van der Waals surface area contributed by atoms with E-state index in [4.69, 9.17) is 9.84 Å². The molecule has 0 aliphatic rings. The Morgan fingerprint density at radius 3 is 2.79 bits per heavy atom. The Bertz CT molecular complexity index is 599. The second-order valence-corrected chi connectivity index (χ2v) is 3.91. The lowest BCUT2D eigenvalue weighted by Crippen LogP contribution is -2.06. The molecule has 0 atom stereocenters. The van der Waals surface area contributed by atoms with E-state index in [1.54, 1.807) is 6.20 Å². The number of pyridine rings is 2. The Labute approximate surface area is 108 Å². The highest BCUT2D eigenvalue weighted by Crippen LogP contribution is 2.17. The van der Waals surface area contributed by atoms with Crippen molar-refractivity contribution in [1.29, 1.82) is 0 Å². The lowest BCUT2D eigenvalue weighted by Gasteiger charge is -2.07. The number of rotatable bonds is 4. The Hall–Kier alpha value is -2.50. The highest BCUT2D eigenvalue weighted by atomic mass is 19.1. The molecule has 0 saturated heterocycles. The maximum atomic E-state index is 12.9. The number of hydrogen-bond donors (Lipinski definition) is 1. The zero-order valence-corrected chi connectivity index (χ0v) is 10.1. The van der Waals surface area contributed by atoms with Crippen molar-refractivity contribution < 1.29 is 19.0 Å². The molecular formula is C13H11FN2O3. The molecule has 6 heteroatoms. The minimum atomic E-state index is -1.29. The number of aromatic carboxylic acids is 1. The number of aryl methyl sites for hydroxylation is 1. The molecule has 0 spiro atoms. The van der Waals surface area contributed by atoms with Crippen molar-refractivity contribution in [2.75, 3.05) is 0 Å². The molecule has 0 radical (unpaired) electrons. The monoisotopic (exact) mass is 262 g/mol. The number of aromatic nitrogens is 2. The van der Waals surface area contributed by atoms with Crippen LogP contribution >= 0.6 is 0 Å². The number of carbonyl (C=O) groups is 1. The second kappa shape index (κ2) is 5.43. The molecule has 0 aliphatic carbocycles. The summed E-state index contributed by atoms with van der Waals surface area (Å²) in [5, 5.41) is 8.92. The summed E-state index contributed by atoms with van der Waals surface area (Å²) in [7, 11) is 0. The summed E-state index contributed by atoms with van der Waals surface area (Å²) in [5.41, 5.74) is 1.34. The topological polar surface area (TPSA) is 72.3 Å². The number of carboxylic acids is 1. The Kier molecular flexibility index (Phi) is 3.70. The fraction of sp³-hybridized carbons (Fsp3) is 0.154. The van der Waals surface area contributed by atoms with Crippen LogP contribution in [0.5, 0.6) is 5.88 Å². The zero-order valence-electron chi connectivity index (χ0n) is 10.1. The van der Waals surface area contributed by atoms with Crippen LogP contribution in [-0.4, -0.2) is 21.0 Å². The van der Waals surface area contributed by atoms with E-state index in [0.717, 1.165) is 23.5 Å². The third-order valence-electron chi connectivity index (χ3n) is 2.40. The van der Waals surface area contributed by atoms with Crippen molar-refractivity contribution in [2.24, 2.45) is 0 Å². The number of halogens is 1. The normalized spacial score (nSPS) is 10.2. The van der Waals surface area contributed by atoms with Gasteiger partial charge in [-0.1, -0.05) is 6.07 Å². The van der Waals surface area contributed by atoms with Gasteiger partial charge in [-0.25, -0.2) is 14.2 Å². The first-order valence-corrected chi connectivity index (χ1v) is 5.49. The smallest absolute Gasteiger partial charge is 0.341 e. The largest absolute Gasteiger partial charge is 0.477 e. The lowest BCUT2D eigenvalue weighted by atomic mass is 10.2. The van der Waals surface area contributed by atoms with Crippen LogP contribution in [0.3, 0.4) is 0 Å². The van der Waals surface area contributed by atoms with Crippen molar-refractivity contribution >= 4 is 5.97 Å². The van der Waals surface area contributed by atoms with E-state index in [1.807, 2.05) is 19.1 Å². The second-order valence-electron chi connectivity index (χ2n) is 3.91. The van der Waals surface area contributed by atoms with Crippen LogP contribution in [0, 0.1) is 12.7 Å². The van der Waals surface area contributed by atoms with Gasteiger partial charge < -0.3 is 9.84 Å². The molecule has 19 heavy (non-hydrogen) atoms. The van der Waals surface area contributed by atoms with Crippen LogP contribution in [-0.2, 0) is 6.61 Å². The van der Waals surface area contributed by atoms with Gasteiger partial charge >= 0.3 is 5.97 Å². The van der Waals surface area contributed by atoms with Gasteiger partial charge in [-0.15, -0.1) is 0 Å². The van der Waals surface area contributed by atoms with Gasteiger partial charge in [0.15, 0.2) is 0 Å². The molecule has 2 aromatic rings. The lowest BCUT2D eigenvalue weighted by molar-refractivity contribution is 0.0690. The van der Waals surface area contributed by atoms with E-state index in [0.29, 0.717) is 0 Å². The van der Waals surface area contributed by atoms with Gasteiger partial charge in [0.2, 0.25) is 5.88 Å². The summed E-state index contributed by atoms with van der Waals surface area (Å²) in [6.45, 7) is 1.97. The highest BCUT2D eigenvalue weighted by Gasteiger charge is 2.14. The molecule has 5 nitrogen and oxygen atoms in total. The Morgan fingerprint density at radius 1 is 1.37 bits per heavy atom. The molecule has 2 aromatic heterocycles.